The molecular formula is C22H20F3N5O3. The van der Waals surface area contributed by atoms with Crippen LogP contribution in [0.5, 0.6) is 0 Å². The number of nitrogens with zero attached hydrogens (tertiary/aromatic N) is 4. The molecule has 0 bridgehead atoms. The number of alkyl halides is 3. The third-order valence-electron chi connectivity index (χ3n) is 6.14. The Balaban J connectivity index is 1.72. The van der Waals surface area contributed by atoms with Crippen molar-refractivity contribution >= 4 is 5.65 Å². The molecule has 0 aliphatic heterocycles. The molecule has 11 heteroatoms. The molecule has 1 fully saturated rings. The van der Waals surface area contributed by atoms with Crippen LogP contribution in [-0.2, 0) is 16.5 Å². The Morgan fingerprint density at radius 3 is 2.45 bits per heavy atom. The van der Waals surface area contributed by atoms with E-state index in [9.17, 15) is 18.0 Å². The van der Waals surface area contributed by atoms with E-state index in [0.717, 1.165) is 17.4 Å². The zero-order chi connectivity index (χ0) is 23.4. The lowest BCUT2D eigenvalue weighted by atomic mass is 10.0. The van der Waals surface area contributed by atoms with Crippen LogP contribution in [0.2, 0.25) is 0 Å². The van der Waals surface area contributed by atoms with Gasteiger partial charge in [-0.05, 0) is 38.2 Å². The summed E-state index contributed by atoms with van der Waals surface area (Å²) in [6.45, 7) is 1.53. The van der Waals surface area contributed by atoms with Gasteiger partial charge in [0.2, 0.25) is 5.89 Å². The Bertz CT molecular complexity index is 1380. The van der Waals surface area contributed by atoms with Crippen LogP contribution in [0.4, 0.5) is 13.2 Å². The maximum absolute atomic E-state index is 13.9. The van der Waals surface area contributed by atoms with Gasteiger partial charge in [0.1, 0.15) is 16.9 Å². The summed E-state index contributed by atoms with van der Waals surface area (Å²) < 4.78 is 53.8. The van der Waals surface area contributed by atoms with Crippen LogP contribution < -0.4 is 5.56 Å². The molecule has 172 valence electrons. The van der Waals surface area contributed by atoms with Crippen molar-refractivity contribution in [1.82, 2.24) is 24.8 Å². The Kier molecular flexibility index (Phi) is 4.89. The largest absolute Gasteiger partial charge is 0.433 e. The number of aromatic nitrogens is 5. The van der Waals surface area contributed by atoms with Gasteiger partial charge in [-0.15, -0.1) is 10.2 Å². The lowest BCUT2D eigenvalue weighted by Gasteiger charge is -2.22. The average molecular weight is 459 g/mol. The predicted molar refractivity (Wildman–Crippen MR) is 111 cm³/mol. The van der Waals surface area contributed by atoms with Crippen LogP contribution in [0.1, 0.15) is 43.0 Å². The normalized spacial score (nSPS) is 16.0. The molecule has 0 amide bonds. The highest BCUT2D eigenvalue weighted by molar-refractivity contribution is 5.81. The molecule has 33 heavy (non-hydrogen) atoms. The van der Waals surface area contributed by atoms with Crippen molar-refractivity contribution in [2.45, 2.75) is 44.4 Å². The lowest BCUT2D eigenvalue weighted by Crippen LogP contribution is -2.24. The number of aryl methyl sites for hydroxylation is 1. The van der Waals surface area contributed by atoms with Crippen molar-refractivity contribution in [3.05, 3.63) is 58.0 Å². The summed E-state index contributed by atoms with van der Waals surface area (Å²) in [7, 11) is 1.56. The highest BCUT2D eigenvalue weighted by Crippen LogP contribution is 2.42. The number of benzene rings is 1. The van der Waals surface area contributed by atoms with E-state index in [1.165, 1.54) is 19.1 Å². The van der Waals surface area contributed by atoms with Gasteiger partial charge in [-0.1, -0.05) is 30.3 Å². The third kappa shape index (κ3) is 3.34. The molecule has 5 rings (SSSR count). The van der Waals surface area contributed by atoms with Gasteiger partial charge in [0.05, 0.1) is 11.3 Å². The molecule has 3 aromatic heterocycles. The monoisotopic (exact) mass is 459 g/mol. The van der Waals surface area contributed by atoms with Crippen LogP contribution in [0.15, 0.2) is 39.5 Å². The summed E-state index contributed by atoms with van der Waals surface area (Å²) in [5.41, 5.74) is -2.49. The van der Waals surface area contributed by atoms with E-state index in [2.05, 4.69) is 20.3 Å². The smallest absolute Gasteiger partial charge is 0.417 e. The molecule has 3 heterocycles. The van der Waals surface area contributed by atoms with Gasteiger partial charge in [-0.25, -0.2) is 4.98 Å². The number of aromatic amines is 1. The van der Waals surface area contributed by atoms with Crippen LogP contribution >= 0.6 is 0 Å². The highest BCUT2D eigenvalue weighted by Gasteiger charge is 2.42. The summed E-state index contributed by atoms with van der Waals surface area (Å²) in [6.07, 6.45) is -1.46. The van der Waals surface area contributed by atoms with Crippen LogP contribution in [0.3, 0.4) is 0 Å². The van der Waals surface area contributed by atoms with Gasteiger partial charge in [-0.3, -0.25) is 9.89 Å². The number of rotatable bonds is 4. The minimum Gasteiger partial charge on any atom is -0.417 e. The second-order valence-electron chi connectivity index (χ2n) is 8.08. The summed E-state index contributed by atoms with van der Waals surface area (Å²) in [5.74, 6) is 0.135. The second kappa shape index (κ2) is 7.55. The summed E-state index contributed by atoms with van der Waals surface area (Å²) in [6, 6.07) is 7.99. The molecule has 0 atom stereocenters. The Labute approximate surface area is 185 Å². The van der Waals surface area contributed by atoms with E-state index in [0.29, 0.717) is 12.8 Å². The third-order valence-corrected chi connectivity index (χ3v) is 6.14. The van der Waals surface area contributed by atoms with Crippen LogP contribution in [0, 0.1) is 6.92 Å². The van der Waals surface area contributed by atoms with Gasteiger partial charge in [0.25, 0.3) is 11.4 Å². The molecule has 1 N–H and O–H groups in total. The fraction of sp³-hybridized carbons (Fsp3) is 0.364. The van der Waals surface area contributed by atoms with E-state index >= 15 is 0 Å². The van der Waals surface area contributed by atoms with E-state index in [1.807, 2.05) is 0 Å². The minimum atomic E-state index is -4.73. The summed E-state index contributed by atoms with van der Waals surface area (Å²) in [5, 5.41) is 10.3. The van der Waals surface area contributed by atoms with Gasteiger partial charge in [0, 0.05) is 7.11 Å². The van der Waals surface area contributed by atoms with Crippen molar-refractivity contribution in [3.8, 4) is 22.6 Å². The van der Waals surface area contributed by atoms with Crippen molar-refractivity contribution < 1.29 is 22.3 Å². The van der Waals surface area contributed by atoms with Crippen LogP contribution in [0.25, 0.3) is 28.2 Å². The Morgan fingerprint density at radius 2 is 1.82 bits per heavy atom. The van der Waals surface area contributed by atoms with Gasteiger partial charge in [0.15, 0.2) is 5.65 Å². The number of H-pyrrole nitrogens is 1. The first kappa shape index (κ1) is 21.4. The van der Waals surface area contributed by atoms with Gasteiger partial charge in [-0.2, -0.15) is 17.7 Å². The fourth-order valence-corrected chi connectivity index (χ4v) is 4.47. The lowest BCUT2D eigenvalue weighted by molar-refractivity contribution is -0.140. The first-order valence-corrected chi connectivity index (χ1v) is 10.4. The zero-order valence-corrected chi connectivity index (χ0v) is 17.9. The first-order chi connectivity index (χ1) is 15.7. The minimum absolute atomic E-state index is 0.0647. The zero-order valence-electron chi connectivity index (χ0n) is 17.9. The van der Waals surface area contributed by atoms with Gasteiger partial charge < -0.3 is 9.15 Å². The first-order valence-electron chi connectivity index (χ1n) is 10.4. The molecule has 0 radical (unpaired) electrons. The number of ether oxygens (including phenoxy) is 1. The molecule has 1 aliphatic carbocycles. The molecule has 0 unspecified atom stereocenters. The highest BCUT2D eigenvalue weighted by atomic mass is 19.4. The quantitative estimate of drug-likeness (QED) is 0.483. The summed E-state index contributed by atoms with van der Waals surface area (Å²) >= 11 is 0. The van der Waals surface area contributed by atoms with Crippen LogP contribution in [-0.4, -0.2) is 31.9 Å². The second-order valence-corrected chi connectivity index (χ2v) is 8.08. The molecular weight excluding hydrogens is 439 g/mol. The molecule has 8 nitrogen and oxygen atoms in total. The Morgan fingerprint density at radius 1 is 1.12 bits per heavy atom. The summed E-state index contributed by atoms with van der Waals surface area (Å²) in [4.78, 5) is 17.7. The average Bonchev–Trinajstić information content (AvgIpc) is 3.52. The van der Waals surface area contributed by atoms with E-state index in [1.54, 1.807) is 25.3 Å². The SMILES string of the molecule is COC1(c2nnc(-c3c(C)nc4c(-c5ccccc5)c(C(F)(F)F)[nH]n4c3=O)o2)CCCC1. The maximum Gasteiger partial charge on any atom is 0.433 e. The topological polar surface area (TPSA) is 98.3 Å². The molecule has 4 aromatic rings. The van der Waals surface area contributed by atoms with Crippen molar-refractivity contribution in [2.24, 2.45) is 0 Å². The molecule has 0 spiro atoms. The molecule has 1 aliphatic rings. The van der Waals surface area contributed by atoms with E-state index < -0.39 is 23.0 Å². The fourth-order valence-electron chi connectivity index (χ4n) is 4.47. The van der Waals surface area contributed by atoms with Gasteiger partial charge >= 0.3 is 6.18 Å². The maximum atomic E-state index is 13.9. The van der Waals surface area contributed by atoms with Crippen molar-refractivity contribution in [3.63, 3.8) is 0 Å². The number of hydrogen-bond acceptors (Lipinski definition) is 6. The molecule has 1 aromatic carbocycles. The molecule has 1 saturated carbocycles. The van der Waals surface area contributed by atoms with Crippen molar-refractivity contribution in [1.29, 1.82) is 0 Å². The Hall–Kier alpha value is -3.47. The van der Waals surface area contributed by atoms with E-state index in [4.69, 9.17) is 9.15 Å². The number of nitrogens with one attached hydrogen (secondary N) is 1. The van der Waals surface area contributed by atoms with E-state index in [-0.39, 0.29) is 39.8 Å². The number of fused-ring (bicyclic) bond motifs is 1. The number of hydrogen-bond donors (Lipinski definition) is 1. The standard InChI is InChI=1S/C22H20F3N5O3/c1-12-14(18-27-28-20(33-18)21(32-2)10-6-7-11-21)19(31)30-17(26-12)15(13-8-4-3-5-9-13)16(29-30)22(23,24)25/h3-5,8-9,29H,6-7,10-11H2,1-2H3. The number of methoxy groups -OCH3 is 1. The van der Waals surface area contributed by atoms with Crippen molar-refractivity contribution in [2.75, 3.05) is 7.11 Å². The number of halogens is 3. The predicted octanol–water partition coefficient (Wildman–Crippen LogP) is 4.48. The molecule has 0 saturated heterocycles.